The van der Waals surface area contributed by atoms with Crippen molar-refractivity contribution in [1.82, 2.24) is 0 Å². The van der Waals surface area contributed by atoms with Gasteiger partial charge in [0.1, 0.15) is 0 Å². The lowest BCUT2D eigenvalue weighted by atomic mass is 10.5. The molecule has 7 heteroatoms. The first kappa shape index (κ1) is 9.81. The van der Waals surface area contributed by atoms with E-state index in [1.54, 1.807) is 0 Å². The molecule has 0 fully saturated rings. The van der Waals surface area contributed by atoms with E-state index in [1.165, 1.54) is 10.8 Å². The van der Waals surface area contributed by atoms with E-state index in [-0.39, 0.29) is 23.8 Å². The molecular formula is C4H2ClN3O2S. The Labute approximate surface area is 71.8 Å². The van der Waals surface area contributed by atoms with Gasteiger partial charge in [0.25, 0.3) is 0 Å². The number of thiophene rings is 1. The Bertz CT molecular complexity index is 305. The third-order valence-electron chi connectivity index (χ3n) is 0.926. The van der Waals surface area contributed by atoms with Crippen molar-refractivity contribution >= 4 is 22.7 Å². The number of hydrogen-bond acceptors (Lipinski definition) is 4. The lowest BCUT2D eigenvalue weighted by Crippen LogP contribution is -3.00. The molecule has 0 bridgehead atoms. The van der Waals surface area contributed by atoms with Crippen LogP contribution in [0.4, 0.5) is 11.4 Å². The van der Waals surface area contributed by atoms with Crippen LogP contribution in [0.3, 0.4) is 0 Å². The molecule has 0 radical (unpaired) electrons. The van der Waals surface area contributed by atoms with Crippen LogP contribution in [0.5, 0.6) is 0 Å². The summed E-state index contributed by atoms with van der Waals surface area (Å²) in [6.45, 7) is 0. The number of hydrogen-bond donors (Lipinski definition) is 0. The van der Waals surface area contributed by atoms with Gasteiger partial charge in [-0.25, -0.2) is 0 Å². The largest absolute Gasteiger partial charge is 1.00 e. The predicted molar refractivity (Wildman–Crippen MR) is 35.7 cm³/mol. The molecule has 0 amide bonds. The Morgan fingerprint density at radius 3 is 2.64 bits per heavy atom. The summed E-state index contributed by atoms with van der Waals surface area (Å²) in [7, 11) is 0. The minimum Gasteiger partial charge on any atom is -1.00 e. The maximum Gasteiger partial charge on any atom is 0.471 e. The molecule has 1 rings (SSSR count). The fraction of sp³-hybridized carbons (Fsp3) is 0. The Hall–Kier alpha value is -1.19. The number of nitrogens with zero attached hydrogens (tertiary/aromatic N) is 3. The van der Waals surface area contributed by atoms with Gasteiger partial charge in [-0.05, 0) is 0 Å². The molecule has 1 aromatic heterocycles. The number of halogens is 1. The van der Waals surface area contributed by atoms with Crippen LogP contribution in [-0.2, 0) is 0 Å². The SMILES string of the molecule is N#[N+]c1cscc1[N+](=O)[O-].[Cl-]. The molecule has 0 aliphatic rings. The molecule has 0 unspecified atom stereocenters. The van der Waals surface area contributed by atoms with E-state index in [4.69, 9.17) is 5.39 Å². The molecule has 0 aliphatic heterocycles. The molecular weight excluding hydrogens is 190 g/mol. The van der Waals surface area contributed by atoms with Crippen LogP contribution in [0.15, 0.2) is 10.8 Å². The van der Waals surface area contributed by atoms with Gasteiger partial charge < -0.3 is 12.4 Å². The molecule has 0 saturated carbocycles. The zero-order chi connectivity index (χ0) is 7.56. The summed E-state index contributed by atoms with van der Waals surface area (Å²) in [4.78, 5) is 12.2. The van der Waals surface area contributed by atoms with Crippen LogP contribution in [0.2, 0.25) is 0 Å². The van der Waals surface area contributed by atoms with Crippen molar-refractivity contribution in [1.29, 1.82) is 5.39 Å². The Morgan fingerprint density at radius 1 is 1.64 bits per heavy atom. The van der Waals surface area contributed by atoms with E-state index in [0.29, 0.717) is 0 Å². The third-order valence-corrected chi connectivity index (χ3v) is 1.64. The molecule has 0 aromatic carbocycles. The maximum atomic E-state index is 10.1. The van der Waals surface area contributed by atoms with E-state index >= 15 is 0 Å². The lowest BCUT2D eigenvalue weighted by molar-refractivity contribution is -0.383. The first-order chi connectivity index (χ1) is 4.75. The highest BCUT2D eigenvalue weighted by Crippen LogP contribution is 2.30. The number of nitro groups is 1. The van der Waals surface area contributed by atoms with Gasteiger partial charge >= 0.3 is 11.4 Å². The highest BCUT2D eigenvalue weighted by Gasteiger charge is 2.24. The van der Waals surface area contributed by atoms with Gasteiger partial charge in [-0.3, -0.25) is 10.1 Å². The first-order valence-electron chi connectivity index (χ1n) is 2.31. The van der Waals surface area contributed by atoms with Gasteiger partial charge in [0.15, 0.2) is 4.98 Å². The van der Waals surface area contributed by atoms with E-state index in [9.17, 15) is 10.1 Å². The molecule has 1 aromatic rings. The summed E-state index contributed by atoms with van der Waals surface area (Å²) in [5.41, 5.74) is -0.150. The Morgan fingerprint density at radius 2 is 2.27 bits per heavy atom. The van der Waals surface area contributed by atoms with E-state index in [2.05, 4.69) is 4.98 Å². The zero-order valence-corrected chi connectivity index (χ0v) is 6.67. The van der Waals surface area contributed by atoms with Crippen molar-refractivity contribution in [3.63, 3.8) is 0 Å². The molecule has 0 aliphatic carbocycles. The van der Waals surface area contributed by atoms with Gasteiger partial charge in [0.05, 0.1) is 15.7 Å². The zero-order valence-electron chi connectivity index (χ0n) is 5.10. The summed E-state index contributed by atoms with van der Waals surface area (Å²) < 4.78 is 0. The Kier molecular flexibility index (Phi) is 3.44. The first-order valence-corrected chi connectivity index (χ1v) is 3.25. The van der Waals surface area contributed by atoms with Crippen LogP contribution in [0, 0.1) is 15.5 Å². The van der Waals surface area contributed by atoms with E-state index in [1.807, 2.05) is 0 Å². The highest BCUT2D eigenvalue weighted by atomic mass is 35.5. The smallest absolute Gasteiger partial charge is 0.471 e. The fourth-order valence-electron chi connectivity index (χ4n) is 0.495. The van der Waals surface area contributed by atoms with Gasteiger partial charge in [0.2, 0.25) is 5.39 Å². The second kappa shape index (κ2) is 3.85. The van der Waals surface area contributed by atoms with Crippen molar-refractivity contribution in [3.8, 4) is 0 Å². The topological polar surface area (TPSA) is 71.3 Å². The maximum absolute atomic E-state index is 10.1. The number of diazo groups is 1. The molecule has 11 heavy (non-hydrogen) atoms. The molecule has 1 heterocycles. The highest BCUT2D eigenvalue weighted by molar-refractivity contribution is 7.08. The summed E-state index contributed by atoms with van der Waals surface area (Å²) in [6, 6.07) is 0. The van der Waals surface area contributed by atoms with Crippen LogP contribution >= 0.6 is 11.3 Å². The van der Waals surface area contributed by atoms with Crippen molar-refractivity contribution < 1.29 is 17.3 Å². The molecule has 5 nitrogen and oxygen atoms in total. The predicted octanol–water partition coefficient (Wildman–Crippen LogP) is -0.855. The van der Waals surface area contributed by atoms with Gasteiger partial charge in [-0.15, -0.1) is 11.3 Å². The van der Waals surface area contributed by atoms with Crippen molar-refractivity contribution in [2.45, 2.75) is 0 Å². The normalized spacial score (nSPS) is 7.91. The molecule has 0 N–H and O–H groups in total. The summed E-state index contributed by atoms with van der Waals surface area (Å²) in [5, 5.41) is 21.0. The lowest BCUT2D eigenvalue weighted by Gasteiger charge is -1.75. The van der Waals surface area contributed by atoms with Gasteiger partial charge in [0, 0.05) is 0 Å². The average molecular weight is 192 g/mol. The quantitative estimate of drug-likeness (QED) is 0.330. The van der Waals surface area contributed by atoms with Crippen molar-refractivity contribution in [3.05, 3.63) is 25.9 Å². The molecule has 0 saturated heterocycles. The van der Waals surface area contributed by atoms with Crippen LogP contribution in [-0.4, -0.2) is 4.92 Å². The average Bonchev–Trinajstić information content (AvgIpc) is 2.33. The second-order valence-corrected chi connectivity index (χ2v) is 2.24. The summed E-state index contributed by atoms with van der Waals surface area (Å²) >= 11 is 1.12. The summed E-state index contributed by atoms with van der Waals surface area (Å²) in [6.07, 6.45) is 0. The van der Waals surface area contributed by atoms with Crippen LogP contribution in [0.25, 0.3) is 4.98 Å². The van der Waals surface area contributed by atoms with Crippen molar-refractivity contribution in [2.24, 2.45) is 0 Å². The van der Waals surface area contributed by atoms with E-state index < -0.39 is 4.92 Å². The minimum atomic E-state index is -0.592. The van der Waals surface area contributed by atoms with Gasteiger partial charge in [-0.1, -0.05) is 0 Å². The molecule has 0 spiro atoms. The van der Waals surface area contributed by atoms with Crippen molar-refractivity contribution in [2.75, 3.05) is 0 Å². The van der Waals surface area contributed by atoms with Crippen LogP contribution < -0.4 is 12.4 Å². The van der Waals surface area contributed by atoms with E-state index in [0.717, 1.165) is 11.3 Å². The standard InChI is InChI=1S/C4H2N3O2S.ClH/c5-6-3-1-10-2-4(3)7(8)9;/h1-2H;1H/q+1;/p-1. The van der Waals surface area contributed by atoms with Crippen LogP contribution in [0.1, 0.15) is 0 Å². The Balaban J connectivity index is 0.000001000. The minimum absolute atomic E-state index is 0. The monoisotopic (exact) mass is 191 g/mol. The second-order valence-electron chi connectivity index (χ2n) is 1.50. The number of rotatable bonds is 1. The molecule has 58 valence electrons. The van der Waals surface area contributed by atoms with Gasteiger partial charge in [-0.2, -0.15) is 0 Å². The molecule has 0 atom stereocenters. The fourth-order valence-corrected chi connectivity index (χ4v) is 1.20. The third kappa shape index (κ3) is 1.86. The summed E-state index contributed by atoms with van der Waals surface area (Å²) in [5.74, 6) is 0.